The molecule has 0 spiro atoms. The lowest BCUT2D eigenvalue weighted by atomic mass is 9.78. The molecule has 3 aliphatic rings. The molecule has 3 N–H and O–H groups in total. The highest BCUT2D eigenvalue weighted by atomic mass is 16.7. The molecule has 1 aromatic carbocycles. The number of aryl methyl sites for hydroxylation is 1. The Morgan fingerprint density at radius 1 is 1.12 bits per heavy atom. The number of aliphatic hydroxyl groups excluding tert-OH is 3. The third-order valence-electron chi connectivity index (χ3n) is 8.74. The van der Waals surface area contributed by atoms with Crippen molar-refractivity contribution in [2.45, 2.75) is 104 Å². The van der Waals surface area contributed by atoms with Gasteiger partial charge >= 0.3 is 0 Å². The maximum absolute atomic E-state index is 10.8. The van der Waals surface area contributed by atoms with Crippen molar-refractivity contribution in [3.05, 3.63) is 87.6 Å². The first-order valence-electron chi connectivity index (χ1n) is 14.5. The fraction of sp³-hybridized carbons (Fsp3) is 0.529. The summed E-state index contributed by atoms with van der Waals surface area (Å²) in [5, 5.41) is 30.8. The first-order valence-corrected chi connectivity index (χ1v) is 14.5. The number of hydrogen-bond donors (Lipinski definition) is 3. The molecule has 1 aliphatic carbocycles. The van der Waals surface area contributed by atoms with E-state index >= 15 is 0 Å². The van der Waals surface area contributed by atoms with Crippen molar-refractivity contribution in [2.75, 3.05) is 13.2 Å². The monoisotopic (exact) mass is 550 g/mol. The van der Waals surface area contributed by atoms with Gasteiger partial charge in [-0.1, -0.05) is 48.6 Å². The molecule has 218 valence electrons. The normalized spacial score (nSPS) is 30.2. The highest BCUT2D eigenvalue weighted by molar-refractivity contribution is 5.85. The maximum Gasteiger partial charge on any atom is 0.158 e. The second-order valence-electron chi connectivity index (χ2n) is 11.5. The van der Waals surface area contributed by atoms with E-state index in [-0.39, 0.29) is 25.4 Å². The Morgan fingerprint density at radius 3 is 2.60 bits per heavy atom. The second kappa shape index (κ2) is 13.6. The van der Waals surface area contributed by atoms with Crippen LogP contribution < -0.4 is 0 Å². The van der Waals surface area contributed by atoms with E-state index in [0.29, 0.717) is 19.3 Å². The van der Waals surface area contributed by atoms with E-state index in [1.165, 1.54) is 39.0 Å². The van der Waals surface area contributed by atoms with E-state index in [9.17, 15) is 15.3 Å². The Balaban J connectivity index is 1.57. The molecule has 4 rings (SSSR count). The van der Waals surface area contributed by atoms with Crippen LogP contribution in [0.3, 0.4) is 0 Å². The Morgan fingerprint density at radius 2 is 1.90 bits per heavy atom. The highest BCUT2D eigenvalue weighted by Gasteiger charge is 2.39. The Kier molecular flexibility index (Phi) is 10.4. The molecular weight excluding hydrogens is 504 g/mol. The maximum atomic E-state index is 10.8. The van der Waals surface area contributed by atoms with Crippen molar-refractivity contribution in [3.8, 4) is 0 Å². The predicted octanol–water partition coefficient (Wildman–Crippen LogP) is 5.50. The van der Waals surface area contributed by atoms with Gasteiger partial charge in [0.15, 0.2) is 6.29 Å². The van der Waals surface area contributed by atoms with Gasteiger partial charge in [-0.15, -0.1) is 0 Å². The molecule has 6 heteroatoms. The largest absolute Gasteiger partial charge is 0.394 e. The van der Waals surface area contributed by atoms with Gasteiger partial charge in [-0.3, -0.25) is 0 Å². The molecule has 2 heterocycles. The van der Waals surface area contributed by atoms with Crippen LogP contribution >= 0.6 is 0 Å². The standard InChI is InChI=1S/C34H46O6/c1-7-20(2)23(5)21(3)11-12-25-15-26-10-8-9-22(4)33(26)24(6)29(25)16-28-17-30(36)34(37)31(39-28)19-38-32-14-13-27(18-35)40-32/h7-12,27-28,30-32,34-37H,6,13-19H2,1-5H3/b12-11+,20-7-,23-21-. The molecule has 6 unspecified atom stereocenters. The van der Waals surface area contributed by atoms with Crippen LogP contribution in [0.1, 0.15) is 70.1 Å². The molecule has 2 aliphatic heterocycles. The van der Waals surface area contributed by atoms with Crippen LogP contribution in [0.2, 0.25) is 0 Å². The molecular formula is C34H46O6. The van der Waals surface area contributed by atoms with Gasteiger partial charge in [0.1, 0.15) is 12.2 Å². The quantitative estimate of drug-likeness (QED) is 0.352. The van der Waals surface area contributed by atoms with E-state index in [1.807, 2.05) is 0 Å². The van der Waals surface area contributed by atoms with E-state index in [4.69, 9.17) is 14.2 Å². The van der Waals surface area contributed by atoms with Gasteiger partial charge in [-0.05, 0) is 98.4 Å². The minimum Gasteiger partial charge on any atom is -0.394 e. The summed E-state index contributed by atoms with van der Waals surface area (Å²) in [7, 11) is 0. The summed E-state index contributed by atoms with van der Waals surface area (Å²) in [6.45, 7) is 15.2. The minimum atomic E-state index is -1.04. The zero-order chi connectivity index (χ0) is 29.0. The topological polar surface area (TPSA) is 88.4 Å². The van der Waals surface area contributed by atoms with Crippen molar-refractivity contribution in [2.24, 2.45) is 0 Å². The van der Waals surface area contributed by atoms with Gasteiger partial charge in [0.25, 0.3) is 0 Å². The summed E-state index contributed by atoms with van der Waals surface area (Å²) in [4.78, 5) is 0. The van der Waals surface area contributed by atoms with Crippen LogP contribution in [-0.2, 0) is 20.6 Å². The lowest BCUT2D eigenvalue weighted by Crippen LogP contribution is -2.50. The molecule has 6 nitrogen and oxygen atoms in total. The molecule has 0 bridgehead atoms. The van der Waals surface area contributed by atoms with Gasteiger partial charge in [-0.25, -0.2) is 0 Å². The van der Waals surface area contributed by atoms with Crippen LogP contribution in [-0.4, -0.2) is 65.3 Å². The van der Waals surface area contributed by atoms with Crippen molar-refractivity contribution >= 4 is 5.57 Å². The van der Waals surface area contributed by atoms with Gasteiger partial charge < -0.3 is 29.5 Å². The zero-order valence-corrected chi connectivity index (χ0v) is 24.7. The van der Waals surface area contributed by atoms with E-state index in [2.05, 4.69) is 77.6 Å². The number of aliphatic hydroxyl groups is 3. The molecule has 2 fully saturated rings. The summed E-state index contributed by atoms with van der Waals surface area (Å²) in [6, 6.07) is 6.39. The highest BCUT2D eigenvalue weighted by Crippen LogP contribution is 2.40. The summed E-state index contributed by atoms with van der Waals surface area (Å²) < 4.78 is 17.9. The number of ether oxygens (including phenoxy) is 3. The van der Waals surface area contributed by atoms with Gasteiger partial charge in [0.2, 0.25) is 0 Å². The number of benzene rings is 1. The molecule has 0 radical (unpaired) electrons. The average Bonchev–Trinajstić information content (AvgIpc) is 3.41. The van der Waals surface area contributed by atoms with Crippen molar-refractivity contribution in [1.29, 1.82) is 0 Å². The van der Waals surface area contributed by atoms with E-state index in [0.717, 1.165) is 24.0 Å². The average molecular weight is 551 g/mol. The summed E-state index contributed by atoms with van der Waals surface area (Å²) in [6.07, 6.45) is 6.06. The van der Waals surface area contributed by atoms with Crippen LogP contribution in [0.15, 0.2) is 70.9 Å². The zero-order valence-electron chi connectivity index (χ0n) is 24.7. The van der Waals surface area contributed by atoms with Gasteiger partial charge in [0, 0.05) is 12.8 Å². The fourth-order valence-electron chi connectivity index (χ4n) is 5.92. The number of fused-ring (bicyclic) bond motifs is 1. The smallest absolute Gasteiger partial charge is 0.158 e. The SMILES string of the molecule is C=C1C(CC2CC(O)C(O)C(COC3CCC(CO)O3)O2)=C(/C=C/C(C)=C(C)\C(C)=C/C)Cc2cccc(C)c21. The number of allylic oxidation sites excluding steroid dienone is 8. The molecule has 6 atom stereocenters. The van der Waals surface area contributed by atoms with Crippen LogP contribution in [0.5, 0.6) is 0 Å². The first kappa shape index (κ1) is 30.6. The number of hydrogen-bond acceptors (Lipinski definition) is 6. The summed E-state index contributed by atoms with van der Waals surface area (Å²) in [5.41, 5.74) is 10.7. The predicted molar refractivity (Wildman–Crippen MR) is 159 cm³/mol. The lowest BCUT2D eigenvalue weighted by Gasteiger charge is -2.38. The van der Waals surface area contributed by atoms with Crippen LogP contribution in [0.4, 0.5) is 0 Å². The van der Waals surface area contributed by atoms with Crippen molar-refractivity contribution < 1.29 is 29.5 Å². The van der Waals surface area contributed by atoms with E-state index in [1.54, 1.807) is 0 Å². The Labute approximate surface area is 239 Å². The second-order valence-corrected chi connectivity index (χ2v) is 11.5. The third-order valence-corrected chi connectivity index (χ3v) is 8.74. The summed E-state index contributed by atoms with van der Waals surface area (Å²) in [5.74, 6) is 0. The van der Waals surface area contributed by atoms with Gasteiger partial charge in [0.05, 0.1) is 31.5 Å². The Bertz CT molecular complexity index is 1200. The molecule has 0 amide bonds. The number of rotatable bonds is 9. The minimum absolute atomic E-state index is 0.0363. The molecule has 0 saturated carbocycles. The third kappa shape index (κ3) is 6.93. The lowest BCUT2D eigenvalue weighted by molar-refractivity contribution is -0.214. The van der Waals surface area contributed by atoms with Crippen LogP contribution in [0, 0.1) is 6.92 Å². The van der Waals surface area contributed by atoms with Gasteiger partial charge in [-0.2, -0.15) is 0 Å². The van der Waals surface area contributed by atoms with E-state index < -0.39 is 24.6 Å². The molecule has 1 aromatic rings. The van der Waals surface area contributed by atoms with Crippen LogP contribution in [0.25, 0.3) is 5.57 Å². The van der Waals surface area contributed by atoms with Crippen molar-refractivity contribution in [1.82, 2.24) is 0 Å². The summed E-state index contributed by atoms with van der Waals surface area (Å²) >= 11 is 0. The fourth-order valence-corrected chi connectivity index (χ4v) is 5.92. The molecule has 40 heavy (non-hydrogen) atoms. The molecule has 0 aromatic heterocycles. The molecule has 2 saturated heterocycles. The Hall–Kier alpha value is -2.32. The first-order chi connectivity index (χ1) is 19.1. The van der Waals surface area contributed by atoms with Crippen molar-refractivity contribution in [3.63, 3.8) is 0 Å².